The number of amides is 2. The third-order valence-corrected chi connectivity index (χ3v) is 4.81. The Balaban J connectivity index is 2.27. The van der Waals surface area contributed by atoms with Crippen LogP contribution in [0.2, 0.25) is 0 Å². The zero-order valence-corrected chi connectivity index (χ0v) is 12.7. The molecular formula is C12H13N3O4S2. The Hall–Kier alpha value is -1.84. The highest BCUT2D eigenvalue weighted by atomic mass is 32.2. The van der Waals surface area contributed by atoms with Gasteiger partial charge >= 0.3 is 0 Å². The van der Waals surface area contributed by atoms with E-state index in [-0.39, 0.29) is 16.3 Å². The van der Waals surface area contributed by atoms with Crippen LogP contribution in [-0.4, -0.2) is 43.2 Å². The number of benzene rings is 1. The molecule has 9 heteroatoms. The Morgan fingerprint density at radius 1 is 1.43 bits per heavy atom. The third kappa shape index (κ3) is 3.09. The van der Waals surface area contributed by atoms with Crippen LogP contribution < -0.4 is 10.5 Å². The van der Waals surface area contributed by atoms with E-state index in [2.05, 4.69) is 4.72 Å². The number of hydrogen-bond donors (Lipinski definition) is 2. The van der Waals surface area contributed by atoms with E-state index in [4.69, 9.17) is 18.0 Å². The topological polar surface area (TPSA) is 110 Å². The van der Waals surface area contributed by atoms with Crippen molar-refractivity contribution in [2.75, 3.05) is 7.05 Å². The zero-order valence-electron chi connectivity index (χ0n) is 11.1. The highest BCUT2D eigenvalue weighted by Gasteiger charge is 2.38. The normalized spacial score (nSPS) is 19.1. The first kappa shape index (κ1) is 15.5. The Morgan fingerprint density at radius 2 is 2.10 bits per heavy atom. The number of imide groups is 1. The van der Waals surface area contributed by atoms with Crippen molar-refractivity contribution in [3.8, 4) is 0 Å². The fourth-order valence-electron chi connectivity index (χ4n) is 1.92. The third-order valence-electron chi connectivity index (χ3n) is 3.11. The molecule has 7 nitrogen and oxygen atoms in total. The lowest BCUT2D eigenvalue weighted by atomic mass is 10.2. The Kier molecular flexibility index (Phi) is 4.08. The smallest absolute Gasteiger partial charge is 0.247 e. The summed E-state index contributed by atoms with van der Waals surface area (Å²) in [5, 5.41) is 0. The second-order valence-corrected chi connectivity index (χ2v) is 6.71. The van der Waals surface area contributed by atoms with Gasteiger partial charge in [-0.3, -0.25) is 14.5 Å². The molecular weight excluding hydrogens is 314 g/mol. The van der Waals surface area contributed by atoms with Gasteiger partial charge in [-0.2, -0.15) is 4.72 Å². The summed E-state index contributed by atoms with van der Waals surface area (Å²) in [4.78, 5) is 24.0. The quantitative estimate of drug-likeness (QED) is 0.562. The van der Waals surface area contributed by atoms with E-state index >= 15 is 0 Å². The first-order valence-corrected chi connectivity index (χ1v) is 7.84. The van der Waals surface area contributed by atoms with Crippen LogP contribution >= 0.6 is 12.2 Å². The van der Waals surface area contributed by atoms with E-state index in [0.29, 0.717) is 5.56 Å². The van der Waals surface area contributed by atoms with Crippen LogP contribution in [0.4, 0.5) is 0 Å². The number of nitrogens with two attached hydrogens (primary N) is 1. The summed E-state index contributed by atoms with van der Waals surface area (Å²) in [6.07, 6.45) is -0.191. The molecule has 0 spiro atoms. The average molecular weight is 327 g/mol. The predicted molar refractivity (Wildman–Crippen MR) is 78.8 cm³/mol. The Labute approximate surface area is 127 Å². The maximum Gasteiger partial charge on any atom is 0.247 e. The van der Waals surface area contributed by atoms with Crippen LogP contribution in [0.15, 0.2) is 29.2 Å². The van der Waals surface area contributed by atoms with E-state index in [1.54, 1.807) is 6.07 Å². The van der Waals surface area contributed by atoms with E-state index in [1.165, 1.54) is 25.2 Å². The number of nitrogens with zero attached hydrogens (tertiary/aromatic N) is 1. The minimum Gasteiger partial charge on any atom is -0.389 e. The van der Waals surface area contributed by atoms with Gasteiger partial charge < -0.3 is 5.73 Å². The van der Waals surface area contributed by atoms with Crippen LogP contribution in [0.25, 0.3) is 0 Å². The SMILES string of the molecule is CN1C(=O)CC(NS(=O)(=O)c2cccc(C(N)=S)c2)C1=O. The van der Waals surface area contributed by atoms with E-state index < -0.39 is 27.9 Å². The van der Waals surface area contributed by atoms with E-state index in [9.17, 15) is 18.0 Å². The predicted octanol–water partition coefficient (Wildman–Crippen LogP) is -0.644. The van der Waals surface area contributed by atoms with Crippen LogP contribution in [0.3, 0.4) is 0 Å². The summed E-state index contributed by atoms with van der Waals surface area (Å²) in [5.74, 6) is -1.00. The first-order chi connectivity index (χ1) is 9.72. The van der Waals surface area contributed by atoms with Gasteiger partial charge in [0.1, 0.15) is 11.0 Å². The molecule has 0 aromatic heterocycles. The molecule has 1 heterocycles. The van der Waals surface area contributed by atoms with Crippen LogP contribution in [0.1, 0.15) is 12.0 Å². The molecule has 2 rings (SSSR count). The van der Waals surface area contributed by atoms with Gasteiger partial charge in [-0.15, -0.1) is 0 Å². The molecule has 0 saturated carbocycles. The van der Waals surface area contributed by atoms with Gasteiger partial charge in [-0.05, 0) is 12.1 Å². The molecule has 1 unspecified atom stereocenters. The molecule has 21 heavy (non-hydrogen) atoms. The molecule has 1 aliphatic heterocycles. The first-order valence-electron chi connectivity index (χ1n) is 5.95. The van der Waals surface area contributed by atoms with Gasteiger partial charge in [0.15, 0.2) is 0 Å². The van der Waals surface area contributed by atoms with Crippen LogP contribution in [0, 0.1) is 0 Å². The molecule has 1 fully saturated rings. The fourth-order valence-corrected chi connectivity index (χ4v) is 3.28. The Bertz CT molecular complexity index is 730. The van der Waals surface area contributed by atoms with Crippen LogP contribution in [-0.2, 0) is 19.6 Å². The Morgan fingerprint density at radius 3 is 2.62 bits per heavy atom. The average Bonchev–Trinajstić information content (AvgIpc) is 2.66. The lowest BCUT2D eigenvalue weighted by molar-refractivity contribution is -0.137. The maximum atomic E-state index is 12.2. The minimum absolute atomic E-state index is 0.0670. The highest BCUT2D eigenvalue weighted by Crippen LogP contribution is 2.16. The summed E-state index contributed by atoms with van der Waals surface area (Å²) < 4.78 is 26.7. The monoisotopic (exact) mass is 327 g/mol. The lowest BCUT2D eigenvalue weighted by Crippen LogP contribution is -2.40. The van der Waals surface area contributed by atoms with Gasteiger partial charge in [0.2, 0.25) is 21.8 Å². The zero-order chi connectivity index (χ0) is 15.8. The van der Waals surface area contributed by atoms with Crippen molar-refractivity contribution < 1.29 is 18.0 Å². The molecule has 1 saturated heterocycles. The number of carbonyl (C=O) groups is 2. The van der Waals surface area contributed by atoms with E-state index in [0.717, 1.165) is 4.90 Å². The molecule has 0 bridgehead atoms. The second-order valence-electron chi connectivity index (χ2n) is 4.56. The van der Waals surface area contributed by atoms with Gasteiger partial charge in [0, 0.05) is 12.6 Å². The maximum absolute atomic E-state index is 12.2. The largest absolute Gasteiger partial charge is 0.389 e. The fraction of sp³-hybridized carbons (Fsp3) is 0.250. The van der Waals surface area contributed by atoms with Crippen molar-refractivity contribution in [2.45, 2.75) is 17.4 Å². The molecule has 1 aliphatic rings. The van der Waals surface area contributed by atoms with Crippen molar-refractivity contribution in [1.82, 2.24) is 9.62 Å². The number of likely N-dealkylation sites (N-methyl/N-ethyl adjacent to an activating group) is 1. The number of carbonyl (C=O) groups excluding carboxylic acids is 2. The molecule has 112 valence electrons. The molecule has 3 N–H and O–H groups in total. The van der Waals surface area contributed by atoms with Crippen molar-refractivity contribution in [3.05, 3.63) is 29.8 Å². The second kappa shape index (κ2) is 5.51. The van der Waals surface area contributed by atoms with Gasteiger partial charge in [0.05, 0.1) is 11.3 Å². The standard InChI is InChI=1S/C12H13N3O4S2/c1-15-10(16)6-9(12(15)17)14-21(18,19)8-4-2-3-7(5-8)11(13)20/h2-5,9,14H,6H2,1H3,(H2,13,20). The number of hydrogen-bond acceptors (Lipinski definition) is 5. The molecule has 1 aromatic rings. The molecule has 2 amide bonds. The number of rotatable bonds is 4. The van der Waals surface area contributed by atoms with Gasteiger partial charge in [0.25, 0.3) is 0 Å². The number of likely N-dealkylation sites (tertiary alicyclic amines) is 1. The van der Waals surface area contributed by atoms with Crippen molar-refractivity contribution in [1.29, 1.82) is 0 Å². The number of thiocarbonyl (C=S) groups is 1. The number of nitrogens with one attached hydrogen (secondary N) is 1. The van der Waals surface area contributed by atoms with Crippen molar-refractivity contribution >= 4 is 39.0 Å². The molecule has 0 aliphatic carbocycles. The summed E-state index contributed by atoms with van der Waals surface area (Å²) >= 11 is 4.79. The van der Waals surface area contributed by atoms with Crippen molar-refractivity contribution in [2.24, 2.45) is 5.73 Å². The lowest BCUT2D eigenvalue weighted by Gasteiger charge is -2.12. The number of sulfonamides is 1. The molecule has 1 atom stereocenters. The van der Waals surface area contributed by atoms with Crippen molar-refractivity contribution in [3.63, 3.8) is 0 Å². The summed E-state index contributed by atoms with van der Waals surface area (Å²) in [5.41, 5.74) is 5.86. The highest BCUT2D eigenvalue weighted by molar-refractivity contribution is 7.89. The minimum atomic E-state index is -3.94. The summed E-state index contributed by atoms with van der Waals surface area (Å²) in [6.45, 7) is 0. The van der Waals surface area contributed by atoms with E-state index in [1.807, 2.05) is 0 Å². The summed E-state index contributed by atoms with van der Waals surface area (Å²) in [6, 6.07) is 4.67. The van der Waals surface area contributed by atoms with Gasteiger partial charge in [-0.25, -0.2) is 8.42 Å². The van der Waals surface area contributed by atoms with Gasteiger partial charge in [-0.1, -0.05) is 24.4 Å². The summed E-state index contributed by atoms with van der Waals surface area (Å²) in [7, 11) is -2.63. The molecule has 1 aromatic carbocycles. The molecule has 0 radical (unpaired) electrons. The van der Waals surface area contributed by atoms with Crippen LogP contribution in [0.5, 0.6) is 0 Å².